The van der Waals surface area contributed by atoms with Crippen LogP contribution in [0.4, 0.5) is 5.69 Å². The summed E-state index contributed by atoms with van der Waals surface area (Å²) in [6.45, 7) is 0.591. The van der Waals surface area contributed by atoms with E-state index in [9.17, 15) is 13.2 Å². The number of amides is 1. The van der Waals surface area contributed by atoms with Crippen LogP contribution in [0.2, 0.25) is 0 Å². The zero-order valence-corrected chi connectivity index (χ0v) is 18.0. The molecule has 2 aromatic carbocycles. The molecular weight excluding hydrogens is 454 g/mol. The zero-order chi connectivity index (χ0) is 20.4. The number of halogens is 1. The Kier molecular flexibility index (Phi) is 5.67. The standard InChI is InChI=1S/C21H20BrN3O3S/c22-16-8-10-17(11-9-16)29(27,28)25-13-3-4-15(14-25)21(26)24-20-7-1-6-19-18(20)5-2-12-23-19/h1-2,5-12,15H,3-4,13-14H2,(H,24,26). The van der Waals surface area contributed by atoms with Crippen molar-refractivity contribution in [2.45, 2.75) is 17.7 Å². The maximum atomic E-state index is 13.0. The third kappa shape index (κ3) is 4.19. The lowest BCUT2D eigenvalue weighted by atomic mass is 9.98. The first-order valence-electron chi connectivity index (χ1n) is 9.35. The Balaban J connectivity index is 1.52. The average molecular weight is 474 g/mol. The molecular formula is C21H20BrN3O3S. The molecule has 0 aliphatic carbocycles. The third-order valence-corrected chi connectivity index (χ3v) is 7.52. The molecule has 29 heavy (non-hydrogen) atoms. The van der Waals surface area contributed by atoms with Gasteiger partial charge in [-0.2, -0.15) is 4.31 Å². The van der Waals surface area contributed by atoms with E-state index in [1.807, 2.05) is 30.3 Å². The van der Waals surface area contributed by atoms with Crippen LogP contribution >= 0.6 is 15.9 Å². The molecule has 1 atom stereocenters. The highest BCUT2D eigenvalue weighted by atomic mass is 79.9. The minimum absolute atomic E-state index is 0.169. The van der Waals surface area contributed by atoms with Gasteiger partial charge in [0.1, 0.15) is 0 Å². The SMILES string of the molecule is O=C(Nc1cccc2ncccc12)C1CCCN(S(=O)(=O)c2ccc(Br)cc2)C1. The van der Waals surface area contributed by atoms with Crippen LogP contribution in [0.15, 0.2) is 70.2 Å². The van der Waals surface area contributed by atoms with Gasteiger partial charge in [0.2, 0.25) is 15.9 Å². The van der Waals surface area contributed by atoms with Gasteiger partial charge < -0.3 is 5.32 Å². The van der Waals surface area contributed by atoms with Gasteiger partial charge in [-0.3, -0.25) is 9.78 Å². The summed E-state index contributed by atoms with van der Waals surface area (Å²) in [4.78, 5) is 17.4. The number of sulfonamides is 1. The van der Waals surface area contributed by atoms with Crippen molar-refractivity contribution >= 4 is 48.5 Å². The number of benzene rings is 2. The van der Waals surface area contributed by atoms with Crippen molar-refractivity contribution in [2.75, 3.05) is 18.4 Å². The van der Waals surface area contributed by atoms with Crippen molar-refractivity contribution in [3.05, 3.63) is 65.3 Å². The predicted octanol–water partition coefficient (Wildman–Crippen LogP) is 4.04. The summed E-state index contributed by atoms with van der Waals surface area (Å²) in [7, 11) is -3.63. The van der Waals surface area contributed by atoms with Gasteiger partial charge in [0, 0.05) is 29.1 Å². The molecule has 1 saturated heterocycles. The van der Waals surface area contributed by atoms with E-state index in [0.717, 1.165) is 15.4 Å². The average Bonchev–Trinajstić information content (AvgIpc) is 2.74. The van der Waals surface area contributed by atoms with Gasteiger partial charge in [-0.25, -0.2) is 8.42 Å². The molecule has 1 unspecified atom stereocenters. The van der Waals surface area contributed by atoms with E-state index in [1.165, 1.54) is 4.31 Å². The summed E-state index contributed by atoms with van der Waals surface area (Å²) < 4.78 is 28.2. The van der Waals surface area contributed by atoms with Gasteiger partial charge in [-0.1, -0.05) is 22.0 Å². The Morgan fingerprint density at radius 2 is 1.90 bits per heavy atom. The number of carbonyl (C=O) groups excluding carboxylic acids is 1. The first kappa shape index (κ1) is 20.0. The Morgan fingerprint density at radius 1 is 1.10 bits per heavy atom. The van der Waals surface area contributed by atoms with Crippen molar-refractivity contribution in [3.63, 3.8) is 0 Å². The van der Waals surface area contributed by atoms with Crippen LogP contribution in [0.25, 0.3) is 10.9 Å². The molecule has 150 valence electrons. The second-order valence-corrected chi connectivity index (χ2v) is 9.87. The second-order valence-electron chi connectivity index (χ2n) is 7.02. The van der Waals surface area contributed by atoms with Crippen LogP contribution in [0, 0.1) is 5.92 Å². The Morgan fingerprint density at radius 3 is 2.69 bits per heavy atom. The molecule has 1 fully saturated rings. The number of rotatable bonds is 4. The monoisotopic (exact) mass is 473 g/mol. The summed E-state index contributed by atoms with van der Waals surface area (Å²) in [6, 6.07) is 15.9. The van der Waals surface area contributed by atoms with Crippen molar-refractivity contribution < 1.29 is 13.2 Å². The van der Waals surface area contributed by atoms with E-state index in [1.54, 1.807) is 30.5 Å². The summed E-state index contributed by atoms with van der Waals surface area (Å²) in [5, 5.41) is 3.83. The summed E-state index contributed by atoms with van der Waals surface area (Å²) in [5.74, 6) is -0.571. The van der Waals surface area contributed by atoms with Crippen molar-refractivity contribution in [1.29, 1.82) is 0 Å². The topological polar surface area (TPSA) is 79.4 Å². The van der Waals surface area contributed by atoms with Crippen LogP contribution in [-0.2, 0) is 14.8 Å². The van der Waals surface area contributed by atoms with E-state index in [-0.39, 0.29) is 17.3 Å². The van der Waals surface area contributed by atoms with Gasteiger partial charge in [0.15, 0.2) is 0 Å². The predicted molar refractivity (Wildman–Crippen MR) is 116 cm³/mol. The fourth-order valence-corrected chi connectivity index (χ4v) is 5.37. The Hall–Kier alpha value is -2.29. The van der Waals surface area contributed by atoms with Gasteiger partial charge in [0.05, 0.1) is 22.0 Å². The number of anilines is 1. The van der Waals surface area contributed by atoms with Crippen molar-refractivity contribution in [2.24, 2.45) is 5.92 Å². The van der Waals surface area contributed by atoms with E-state index in [2.05, 4.69) is 26.2 Å². The molecule has 2 heterocycles. The fourth-order valence-electron chi connectivity index (χ4n) is 3.58. The molecule has 1 aliphatic rings. The number of hydrogen-bond acceptors (Lipinski definition) is 4. The number of fused-ring (bicyclic) bond motifs is 1. The molecule has 6 nitrogen and oxygen atoms in total. The number of nitrogens with zero attached hydrogens (tertiary/aromatic N) is 2. The third-order valence-electron chi connectivity index (χ3n) is 5.11. The van der Waals surface area contributed by atoms with E-state index in [0.29, 0.717) is 25.1 Å². The second kappa shape index (κ2) is 8.22. The normalized spacial score (nSPS) is 17.9. The molecule has 1 aromatic heterocycles. The minimum atomic E-state index is -3.63. The highest BCUT2D eigenvalue weighted by Crippen LogP contribution is 2.27. The van der Waals surface area contributed by atoms with Crippen LogP contribution < -0.4 is 5.32 Å². The molecule has 1 amide bonds. The summed E-state index contributed by atoms with van der Waals surface area (Å²) in [6.07, 6.45) is 3.01. The van der Waals surface area contributed by atoms with Crippen LogP contribution in [0.5, 0.6) is 0 Å². The summed E-state index contributed by atoms with van der Waals surface area (Å²) in [5.41, 5.74) is 1.49. The highest BCUT2D eigenvalue weighted by molar-refractivity contribution is 9.10. The number of pyridine rings is 1. The fraction of sp³-hybridized carbons (Fsp3) is 0.238. The number of piperidine rings is 1. The lowest BCUT2D eigenvalue weighted by Crippen LogP contribution is -2.43. The maximum Gasteiger partial charge on any atom is 0.243 e. The molecule has 3 aromatic rings. The summed E-state index contributed by atoms with van der Waals surface area (Å²) >= 11 is 3.32. The van der Waals surface area contributed by atoms with Crippen molar-refractivity contribution in [3.8, 4) is 0 Å². The number of carbonyl (C=O) groups is 1. The quantitative estimate of drug-likeness (QED) is 0.619. The molecule has 1 aliphatic heterocycles. The van der Waals surface area contributed by atoms with Crippen molar-refractivity contribution in [1.82, 2.24) is 9.29 Å². The minimum Gasteiger partial charge on any atom is -0.325 e. The van der Waals surface area contributed by atoms with Crippen LogP contribution in [0.1, 0.15) is 12.8 Å². The molecule has 8 heteroatoms. The van der Waals surface area contributed by atoms with E-state index >= 15 is 0 Å². The van der Waals surface area contributed by atoms with Crippen LogP contribution in [-0.4, -0.2) is 36.7 Å². The maximum absolute atomic E-state index is 13.0. The number of hydrogen-bond donors (Lipinski definition) is 1. The first-order valence-corrected chi connectivity index (χ1v) is 11.6. The molecule has 1 N–H and O–H groups in total. The van der Waals surface area contributed by atoms with Gasteiger partial charge in [0.25, 0.3) is 0 Å². The van der Waals surface area contributed by atoms with Gasteiger partial charge >= 0.3 is 0 Å². The Bertz CT molecular complexity index is 1140. The lowest BCUT2D eigenvalue weighted by molar-refractivity contribution is -0.120. The van der Waals surface area contributed by atoms with E-state index in [4.69, 9.17) is 0 Å². The number of nitrogens with one attached hydrogen (secondary N) is 1. The highest BCUT2D eigenvalue weighted by Gasteiger charge is 2.33. The van der Waals surface area contributed by atoms with Gasteiger partial charge in [-0.05, 0) is 61.4 Å². The first-order chi connectivity index (χ1) is 13.9. The molecule has 4 rings (SSSR count). The molecule has 0 bridgehead atoms. The largest absolute Gasteiger partial charge is 0.325 e. The lowest BCUT2D eigenvalue weighted by Gasteiger charge is -2.31. The smallest absolute Gasteiger partial charge is 0.243 e. The molecule has 0 spiro atoms. The Labute approximate surface area is 178 Å². The zero-order valence-electron chi connectivity index (χ0n) is 15.6. The molecule has 0 saturated carbocycles. The van der Waals surface area contributed by atoms with Crippen LogP contribution in [0.3, 0.4) is 0 Å². The van der Waals surface area contributed by atoms with E-state index < -0.39 is 15.9 Å². The number of aromatic nitrogens is 1. The van der Waals surface area contributed by atoms with Gasteiger partial charge in [-0.15, -0.1) is 0 Å². The molecule has 0 radical (unpaired) electrons.